The molecule has 0 aromatic heterocycles. The Kier molecular flexibility index (Phi) is 7.18. The van der Waals surface area contributed by atoms with Crippen molar-refractivity contribution in [2.24, 2.45) is 5.84 Å². The van der Waals surface area contributed by atoms with Crippen molar-refractivity contribution in [3.8, 4) is 0 Å². The first kappa shape index (κ1) is 16.8. The van der Waals surface area contributed by atoms with Gasteiger partial charge in [0.2, 0.25) is 0 Å². The van der Waals surface area contributed by atoms with E-state index in [0.717, 1.165) is 28.5 Å². The van der Waals surface area contributed by atoms with Crippen molar-refractivity contribution >= 4 is 23.4 Å². The Morgan fingerprint density at radius 2 is 2.11 bits per heavy atom. The Balaban J connectivity index is 2.43. The molecule has 5 heteroatoms. The molecule has 1 atom stereocenters. The number of nitrogens with one attached hydrogen (secondary N) is 1. The number of halogens is 1. The molecule has 0 radical (unpaired) electrons. The maximum absolute atomic E-state index is 6.13. The van der Waals surface area contributed by atoms with Crippen LogP contribution in [0.2, 0.25) is 5.02 Å². The van der Waals surface area contributed by atoms with Crippen LogP contribution in [0.5, 0.6) is 0 Å². The standard InChI is InChI=1S/C14H23ClN2OS/c1-14(2,18-3)9-8-11(17-16)10-19-13-7-5-4-6-12(13)15/h4-7,11,17H,8-10,16H2,1-3H3. The van der Waals surface area contributed by atoms with Gasteiger partial charge >= 0.3 is 0 Å². The monoisotopic (exact) mass is 302 g/mol. The van der Waals surface area contributed by atoms with Gasteiger partial charge in [0.1, 0.15) is 0 Å². The molecule has 1 rings (SSSR count). The Hall–Kier alpha value is -0.260. The zero-order valence-corrected chi connectivity index (χ0v) is 13.4. The number of nitrogens with two attached hydrogens (primary N) is 1. The zero-order valence-electron chi connectivity index (χ0n) is 11.8. The Bertz CT molecular complexity index is 387. The summed E-state index contributed by atoms with van der Waals surface area (Å²) in [4.78, 5) is 1.09. The summed E-state index contributed by atoms with van der Waals surface area (Å²) in [6.07, 6.45) is 1.93. The molecule has 0 aliphatic rings. The fourth-order valence-electron chi connectivity index (χ4n) is 1.59. The molecule has 0 spiro atoms. The van der Waals surface area contributed by atoms with Crippen LogP contribution in [-0.4, -0.2) is 24.5 Å². The third-order valence-electron chi connectivity index (χ3n) is 3.16. The molecule has 1 aromatic carbocycles. The van der Waals surface area contributed by atoms with E-state index in [-0.39, 0.29) is 11.6 Å². The lowest BCUT2D eigenvalue weighted by molar-refractivity contribution is 0.0122. The molecule has 0 aliphatic heterocycles. The Morgan fingerprint density at radius 3 is 2.68 bits per heavy atom. The van der Waals surface area contributed by atoms with Crippen LogP contribution in [0.4, 0.5) is 0 Å². The largest absolute Gasteiger partial charge is 0.379 e. The zero-order chi connectivity index (χ0) is 14.3. The summed E-state index contributed by atoms with van der Waals surface area (Å²) in [5, 5.41) is 0.792. The molecule has 3 N–H and O–H groups in total. The fourth-order valence-corrected chi connectivity index (χ4v) is 2.91. The average molecular weight is 303 g/mol. The number of hydrazine groups is 1. The van der Waals surface area contributed by atoms with E-state index < -0.39 is 0 Å². The summed E-state index contributed by atoms with van der Waals surface area (Å²) in [6.45, 7) is 4.17. The first-order valence-electron chi connectivity index (χ1n) is 6.37. The van der Waals surface area contributed by atoms with Crippen LogP contribution >= 0.6 is 23.4 Å². The predicted molar refractivity (Wildman–Crippen MR) is 83.6 cm³/mol. The van der Waals surface area contributed by atoms with Crippen LogP contribution < -0.4 is 11.3 Å². The number of ether oxygens (including phenoxy) is 1. The first-order valence-corrected chi connectivity index (χ1v) is 7.73. The van der Waals surface area contributed by atoms with Gasteiger partial charge in [0.05, 0.1) is 10.6 Å². The molecule has 19 heavy (non-hydrogen) atoms. The SMILES string of the molecule is COC(C)(C)CCC(CSc1ccccc1Cl)NN. The molecule has 3 nitrogen and oxygen atoms in total. The number of hydrogen-bond acceptors (Lipinski definition) is 4. The van der Waals surface area contributed by atoms with Gasteiger partial charge in [-0.2, -0.15) is 0 Å². The second kappa shape index (κ2) is 8.12. The van der Waals surface area contributed by atoms with Crippen LogP contribution in [0, 0.1) is 0 Å². The molecule has 108 valence electrons. The third kappa shape index (κ3) is 6.15. The number of thioether (sulfide) groups is 1. The number of methoxy groups -OCH3 is 1. The van der Waals surface area contributed by atoms with E-state index in [9.17, 15) is 0 Å². The molecular weight excluding hydrogens is 280 g/mol. The summed E-state index contributed by atoms with van der Waals surface area (Å²) in [5.41, 5.74) is 2.76. The van der Waals surface area contributed by atoms with E-state index >= 15 is 0 Å². The molecule has 0 saturated heterocycles. The van der Waals surface area contributed by atoms with Gasteiger partial charge in [0.25, 0.3) is 0 Å². The summed E-state index contributed by atoms with van der Waals surface area (Å²) in [7, 11) is 1.74. The molecule has 0 bridgehead atoms. The van der Waals surface area contributed by atoms with Crippen molar-refractivity contribution < 1.29 is 4.74 Å². The van der Waals surface area contributed by atoms with Gasteiger partial charge in [0.15, 0.2) is 0 Å². The van der Waals surface area contributed by atoms with Crippen molar-refractivity contribution in [2.45, 2.75) is 43.2 Å². The Morgan fingerprint density at radius 1 is 1.42 bits per heavy atom. The summed E-state index contributed by atoms with van der Waals surface area (Å²) in [5.74, 6) is 6.50. The van der Waals surface area contributed by atoms with Crippen LogP contribution in [0.25, 0.3) is 0 Å². The van der Waals surface area contributed by atoms with Gasteiger partial charge in [-0.15, -0.1) is 11.8 Å². The fraction of sp³-hybridized carbons (Fsp3) is 0.571. The Labute approximate surface area is 125 Å². The molecule has 0 fully saturated rings. The van der Waals surface area contributed by atoms with Gasteiger partial charge in [-0.25, -0.2) is 0 Å². The van der Waals surface area contributed by atoms with Crippen LogP contribution in [0.3, 0.4) is 0 Å². The summed E-state index contributed by atoms with van der Waals surface area (Å²) < 4.78 is 5.42. The van der Waals surface area contributed by atoms with Crippen molar-refractivity contribution in [2.75, 3.05) is 12.9 Å². The highest BCUT2D eigenvalue weighted by Crippen LogP contribution is 2.28. The highest BCUT2D eigenvalue weighted by atomic mass is 35.5. The highest BCUT2D eigenvalue weighted by Gasteiger charge is 2.19. The quantitative estimate of drug-likeness (QED) is 0.438. The van der Waals surface area contributed by atoms with Crippen LogP contribution in [0.15, 0.2) is 29.2 Å². The smallest absolute Gasteiger partial charge is 0.0623 e. The lowest BCUT2D eigenvalue weighted by Crippen LogP contribution is -2.38. The van der Waals surface area contributed by atoms with Crippen LogP contribution in [0.1, 0.15) is 26.7 Å². The minimum Gasteiger partial charge on any atom is -0.379 e. The van der Waals surface area contributed by atoms with Gasteiger partial charge < -0.3 is 4.74 Å². The number of benzene rings is 1. The highest BCUT2D eigenvalue weighted by molar-refractivity contribution is 7.99. The molecule has 0 saturated carbocycles. The third-order valence-corrected chi connectivity index (χ3v) is 4.84. The van der Waals surface area contributed by atoms with Crippen molar-refractivity contribution in [1.82, 2.24) is 5.43 Å². The molecule has 1 unspecified atom stereocenters. The number of hydrogen-bond donors (Lipinski definition) is 2. The molecular formula is C14H23ClN2OS. The normalized spacial score (nSPS) is 13.5. The molecule has 1 aromatic rings. The van der Waals surface area contributed by atoms with E-state index in [1.165, 1.54) is 0 Å². The molecule has 0 amide bonds. The topological polar surface area (TPSA) is 47.3 Å². The van der Waals surface area contributed by atoms with Crippen molar-refractivity contribution in [3.05, 3.63) is 29.3 Å². The van der Waals surface area contributed by atoms with Gasteiger partial charge in [-0.1, -0.05) is 23.7 Å². The van der Waals surface area contributed by atoms with Crippen molar-refractivity contribution in [3.63, 3.8) is 0 Å². The second-order valence-electron chi connectivity index (χ2n) is 5.11. The van der Waals surface area contributed by atoms with Crippen molar-refractivity contribution in [1.29, 1.82) is 0 Å². The first-order chi connectivity index (χ1) is 8.98. The predicted octanol–water partition coefficient (Wildman–Crippen LogP) is 3.47. The lowest BCUT2D eigenvalue weighted by Gasteiger charge is -2.25. The van der Waals surface area contributed by atoms with E-state index in [2.05, 4.69) is 19.3 Å². The van der Waals surface area contributed by atoms with E-state index in [1.54, 1.807) is 18.9 Å². The van der Waals surface area contributed by atoms with E-state index in [0.29, 0.717) is 0 Å². The maximum atomic E-state index is 6.13. The van der Waals surface area contributed by atoms with Gasteiger partial charge in [0, 0.05) is 23.8 Å². The summed E-state index contributed by atoms with van der Waals surface area (Å²) >= 11 is 7.85. The average Bonchev–Trinajstić information content (AvgIpc) is 2.41. The minimum atomic E-state index is -0.107. The van der Waals surface area contributed by atoms with Gasteiger partial charge in [-0.05, 0) is 38.8 Å². The van der Waals surface area contributed by atoms with Crippen LogP contribution in [-0.2, 0) is 4.74 Å². The van der Waals surface area contributed by atoms with E-state index in [4.69, 9.17) is 22.2 Å². The van der Waals surface area contributed by atoms with Gasteiger partial charge in [-0.3, -0.25) is 11.3 Å². The second-order valence-corrected chi connectivity index (χ2v) is 6.58. The minimum absolute atomic E-state index is 0.107. The van der Waals surface area contributed by atoms with E-state index in [1.807, 2.05) is 24.3 Å². The maximum Gasteiger partial charge on any atom is 0.0623 e. The summed E-state index contributed by atoms with van der Waals surface area (Å²) in [6, 6.07) is 8.11. The number of rotatable bonds is 8. The molecule has 0 heterocycles. The lowest BCUT2D eigenvalue weighted by atomic mass is 10.00. The molecule has 0 aliphatic carbocycles.